The molecule has 3 heteroatoms. The van der Waals surface area contributed by atoms with E-state index in [0.717, 1.165) is 12.0 Å². The Bertz CT molecular complexity index is 505. The molecule has 2 aromatic rings. The lowest BCUT2D eigenvalue weighted by Gasteiger charge is -2.01. The summed E-state index contributed by atoms with van der Waals surface area (Å²) < 4.78 is 0.580. The predicted molar refractivity (Wildman–Crippen MR) is 64.0 cm³/mol. The van der Waals surface area contributed by atoms with Crippen molar-refractivity contribution in [2.45, 2.75) is 6.42 Å². The molecule has 2 nitrogen and oxygen atoms in total. The Labute approximate surface area is 96.1 Å². The van der Waals surface area contributed by atoms with E-state index in [1.807, 2.05) is 24.3 Å². The van der Waals surface area contributed by atoms with E-state index in [1.54, 1.807) is 6.20 Å². The van der Waals surface area contributed by atoms with Crippen LogP contribution in [0.5, 0.6) is 0 Å². The smallest absolute Gasteiger partial charge is 0.262 e. The van der Waals surface area contributed by atoms with E-state index < -0.39 is 0 Å². The average Bonchev–Trinajstić information content (AvgIpc) is 2.25. The Balaban J connectivity index is 2.26. The number of hydrogen-bond acceptors (Lipinski definition) is 1. The number of H-pyrrole nitrogens is 1. The minimum absolute atomic E-state index is 0.0909. The maximum absolute atomic E-state index is 11.1. The summed E-state index contributed by atoms with van der Waals surface area (Å²) in [4.78, 5) is 13.8. The fourth-order valence-corrected chi connectivity index (χ4v) is 1.84. The van der Waals surface area contributed by atoms with Gasteiger partial charge in [0, 0.05) is 6.20 Å². The predicted octanol–water partition coefficient (Wildman–Crippen LogP) is 2.73. The molecule has 2 rings (SSSR count). The summed E-state index contributed by atoms with van der Waals surface area (Å²) in [6.45, 7) is 0. The number of hydrogen-bond donors (Lipinski definition) is 1. The van der Waals surface area contributed by atoms with Crippen LogP contribution in [-0.2, 0) is 6.42 Å². The summed E-state index contributed by atoms with van der Waals surface area (Å²) in [5.41, 5.74) is 2.23. The Hall–Kier alpha value is -1.35. The van der Waals surface area contributed by atoms with Gasteiger partial charge < -0.3 is 4.98 Å². The van der Waals surface area contributed by atoms with Gasteiger partial charge in [0.2, 0.25) is 0 Å². The van der Waals surface area contributed by atoms with Crippen LogP contribution in [-0.4, -0.2) is 4.98 Å². The molecule has 0 saturated heterocycles. The van der Waals surface area contributed by atoms with Crippen molar-refractivity contribution in [1.29, 1.82) is 0 Å². The fraction of sp³-hybridized carbons (Fsp3) is 0.0833. The molecule has 0 spiro atoms. The molecule has 1 aromatic carbocycles. The quantitative estimate of drug-likeness (QED) is 0.888. The standard InChI is InChI=1S/C12H10BrNO/c13-11-7-10(8-14-12(11)15)6-9-4-2-1-3-5-9/h1-5,7-8H,6H2,(H,14,15). The van der Waals surface area contributed by atoms with Gasteiger partial charge in [0.05, 0.1) is 4.47 Å². The van der Waals surface area contributed by atoms with Gasteiger partial charge >= 0.3 is 0 Å². The summed E-state index contributed by atoms with van der Waals surface area (Å²) in [6, 6.07) is 12.0. The lowest BCUT2D eigenvalue weighted by atomic mass is 10.1. The summed E-state index contributed by atoms with van der Waals surface area (Å²) in [5.74, 6) is 0. The molecule has 76 valence electrons. The van der Waals surface area contributed by atoms with Gasteiger partial charge in [-0.15, -0.1) is 0 Å². The highest BCUT2D eigenvalue weighted by Crippen LogP contribution is 2.10. The first kappa shape index (κ1) is 10.2. The largest absolute Gasteiger partial charge is 0.328 e. The average molecular weight is 264 g/mol. The van der Waals surface area contributed by atoms with E-state index in [-0.39, 0.29) is 5.56 Å². The van der Waals surface area contributed by atoms with Gasteiger partial charge in [-0.25, -0.2) is 0 Å². The summed E-state index contributed by atoms with van der Waals surface area (Å²) >= 11 is 3.22. The van der Waals surface area contributed by atoms with Gasteiger partial charge in [-0.3, -0.25) is 4.79 Å². The highest BCUT2D eigenvalue weighted by molar-refractivity contribution is 9.10. The van der Waals surface area contributed by atoms with Crippen molar-refractivity contribution in [3.8, 4) is 0 Å². The van der Waals surface area contributed by atoms with Gasteiger partial charge in [0.15, 0.2) is 0 Å². The van der Waals surface area contributed by atoms with Crippen molar-refractivity contribution in [3.63, 3.8) is 0 Å². The highest BCUT2D eigenvalue weighted by Gasteiger charge is 1.99. The molecule has 0 fully saturated rings. The first-order valence-electron chi connectivity index (χ1n) is 4.67. The van der Waals surface area contributed by atoms with E-state index in [4.69, 9.17) is 0 Å². The Morgan fingerprint density at radius 1 is 1.13 bits per heavy atom. The van der Waals surface area contributed by atoms with Crippen molar-refractivity contribution in [2.24, 2.45) is 0 Å². The van der Waals surface area contributed by atoms with Crippen LogP contribution in [0, 0.1) is 0 Å². The van der Waals surface area contributed by atoms with Crippen LogP contribution < -0.4 is 5.56 Å². The molecule has 1 N–H and O–H groups in total. The van der Waals surface area contributed by atoms with Crippen LogP contribution in [0.1, 0.15) is 11.1 Å². The number of benzene rings is 1. The number of aromatic amines is 1. The zero-order valence-electron chi connectivity index (χ0n) is 8.03. The highest BCUT2D eigenvalue weighted by atomic mass is 79.9. The van der Waals surface area contributed by atoms with E-state index in [1.165, 1.54) is 5.56 Å². The molecule has 0 aliphatic heterocycles. The Morgan fingerprint density at radius 3 is 2.53 bits per heavy atom. The SMILES string of the molecule is O=c1[nH]cc(Cc2ccccc2)cc1Br. The van der Waals surface area contributed by atoms with Gasteiger partial charge in [-0.05, 0) is 39.5 Å². The summed E-state index contributed by atoms with van der Waals surface area (Å²) in [7, 11) is 0. The molecule has 0 unspecified atom stereocenters. The molecule has 0 amide bonds. The van der Waals surface area contributed by atoms with Crippen molar-refractivity contribution in [1.82, 2.24) is 4.98 Å². The minimum atomic E-state index is -0.0909. The molecule has 0 atom stereocenters. The molecule has 1 aromatic heterocycles. The van der Waals surface area contributed by atoms with Crippen molar-refractivity contribution < 1.29 is 0 Å². The van der Waals surface area contributed by atoms with Gasteiger partial charge in [-0.1, -0.05) is 30.3 Å². The van der Waals surface area contributed by atoms with E-state index >= 15 is 0 Å². The minimum Gasteiger partial charge on any atom is -0.328 e. The molecule has 15 heavy (non-hydrogen) atoms. The molecule has 1 heterocycles. The number of halogens is 1. The summed E-state index contributed by atoms with van der Waals surface area (Å²) in [6.07, 6.45) is 2.58. The van der Waals surface area contributed by atoms with Crippen LogP contribution in [0.4, 0.5) is 0 Å². The van der Waals surface area contributed by atoms with Crippen LogP contribution in [0.25, 0.3) is 0 Å². The van der Waals surface area contributed by atoms with Crippen LogP contribution in [0.3, 0.4) is 0 Å². The molecular formula is C12H10BrNO. The maximum Gasteiger partial charge on any atom is 0.262 e. The molecule has 0 bridgehead atoms. The van der Waals surface area contributed by atoms with E-state index in [2.05, 4.69) is 33.0 Å². The van der Waals surface area contributed by atoms with Gasteiger partial charge in [0.1, 0.15) is 0 Å². The van der Waals surface area contributed by atoms with Gasteiger partial charge in [0.25, 0.3) is 5.56 Å². The zero-order chi connectivity index (χ0) is 10.7. The van der Waals surface area contributed by atoms with Crippen LogP contribution in [0.2, 0.25) is 0 Å². The van der Waals surface area contributed by atoms with E-state index in [9.17, 15) is 4.79 Å². The number of nitrogens with one attached hydrogen (secondary N) is 1. The van der Waals surface area contributed by atoms with E-state index in [0.29, 0.717) is 4.47 Å². The third-order valence-electron chi connectivity index (χ3n) is 2.17. The molecule has 0 aliphatic carbocycles. The van der Waals surface area contributed by atoms with Crippen LogP contribution in [0.15, 0.2) is 51.9 Å². The van der Waals surface area contributed by atoms with Crippen molar-refractivity contribution in [2.75, 3.05) is 0 Å². The van der Waals surface area contributed by atoms with Crippen molar-refractivity contribution >= 4 is 15.9 Å². The molecule has 0 radical (unpaired) electrons. The fourth-order valence-electron chi connectivity index (χ4n) is 1.43. The zero-order valence-corrected chi connectivity index (χ0v) is 9.62. The molecular weight excluding hydrogens is 254 g/mol. The monoisotopic (exact) mass is 263 g/mol. The summed E-state index contributed by atoms with van der Waals surface area (Å²) in [5, 5.41) is 0. The number of aromatic nitrogens is 1. The maximum atomic E-state index is 11.1. The first-order valence-corrected chi connectivity index (χ1v) is 5.46. The normalized spacial score (nSPS) is 10.2. The second-order valence-corrected chi connectivity index (χ2v) is 4.20. The molecule has 0 saturated carbocycles. The second-order valence-electron chi connectivity index (χ2n) is 3.35. The lowest BCUT2D eigenvalue weighted by molar-refractivity contribution is 1.11. The lowest BCUT2D eigenvalue weighted by Crippen LogP contribution is -2.06. The molecule has 0 aliphatic rings. The topological polar surface area (TPSA) is 32.9 Å². The number of pyridine rings is 1. The Morgan fingerprint density at radius 2 is 1.87 bits per heavy atom. The third-order valence-corrected chi connectivity index (χ3v) is 2.76. The first-order chi connectivity index (χ1) is 7.25. The Kier molecular flexibility index (Phi) is 3.02. The second kappa shape index (κ2) is 4.45. The van der Waals surface area contributed by atoms with Crippen molar-refractivity contribution in [3.05, 3.63) is 68.5 Å². The van der Waals surface area contributed by atoms with Gasteiger partial charge in [-0.2, -0.15) is 0 Å². The third kappa shape index (κ3) is 2.57. The van der Waals surface area contributed by atoms with Crippen LogP contribution >= 0.6 is 15.9 Å². The number of rotatable bonds is 2.